The summed E-state index contributed by atoms with van der Waals surface area (Å²) in [5.41, 5.74) is 7.62. The minimum Gasteiger partial charge on any atom is -0.382 e. The fraction of sp³-hybridized carbons (Fsp3) is 0.214. The molecule has 1 aromatic carbocycles. The van der Waals surface area contributed by atoms with Gasteiger partial charge in [0.25, 0.3) is 0 Å². The van der Waals surface area contributed by atoms with Gasteiger partial charge < -0.3 is 16.4 Å². The highest BCUT2D eigenvalue weighted by Crippen LogP contribution is 2.25. The highest BCUT2D eigenvalue weighted by atomic mass is 15.4. The van der Waals surface area contributed by atoms with Gasteiger partial charge in [0.05, 0.1) is 23.4 Å². The van der Waals surface area contributed by atoms with E-state index in [-0.39, 0.29) is 11.9 Å². The summed E-state index contributed by atoms with van der Waals surface area (Å²) in [7, 11) is 0. The van der Waals surface area contributed by atoms with E-state index < -0.39 is 0 Å². The first kappa shape index (κ1) is 13.0. The van der Waals surface area contributed by atoms with Crippen molar-refractivity contribution in [2.75, 3.05) is 24.1 Å². The van der Waals surface area contributed by atoms with Gasteiger partial charge in [-0.3, -0.25) is 0 Å². The van der Waals surface area contributed by atoms with Crippen LogP contribution in [-0.2, 0) is 0 Å². The van der Waals surface area contributed by atoms with Crippen LogP contribution in [0.5, 0.6) is 0 Å². The number of nitrogens with zero attached hydrogens (tertiary/aromatic N) is 4. The van der Waals surface area contributed by atoms with E-state index in [1.54, 1.807) is 24.3 Å². The summed E-state index contributed by atoms with van der Waals surface area (Å²) < 4.78 is 1.51. The van der Waals surface area contributed by atoms with E-state index in [1.165, 1.54) is 4.68 Å². The fourth-order valence-corrected chi connectivity index (χ4v) is 2.10. The molecule has 4 N–H and O–H groups in total. The van der Waals surface area contributed by atoms with Crippen molar-refractivity contribution in [2.24, 2.45) is 0 Å². The molecule has 3 rings (SSSR count). The third-order valence-corrected chi connectivity index (χ3v) is 3.40. The molecule has 1 saturated heterocycles. The molecule has 7 nitrogen and oxygen atoms in total. The van der Waals surface area contributed by atoms with E-state index >= 15 is 0 Å². The molecule has 1 aromatic heterocycles. The van der Waals surface area contributed by atoms with Crippen molar-refractivity contribution in [2.45, 2.75) is 6.04 Å². The minimum atomic E-state index is 0.265. The number of nitrogens with two attached hydrogens (primary N) is 1. The van der Waals surface area contributed by atoms with E-state index in [4.69, 9.17) is 11.0 Å². The van der Waals surface area contributed by atoms with Gasteiger partial charge in [-0.25, -0.2) is 4.68 Å². The van der Waals surface area contributed by atoms with Crippen molar-refractivity contribution in [1.29, 1.82) is 10.5 Å². The first-order valence-electron chi connectivity index (χ1n) is 6.49. The molecule has 0 spiro atoms. The standard InChI is InChI=1S/C14H13N7/c15-5-9-1-3-11(4-2-9)21-13(17)12(6-16)14(20-21)19-10-7-18-8-10/h1-4,10,18H,7-8,17H2,(H,19,20). The van der Waals surface area contributed by atoms with Gasteiger partial charge in [0.2, 0.25) is 0 Å². The second-order valence-electron chi connectivity index (χ2n) is 4.79. The molecular weight excluding hydrogens is 266 g/mol. The van der Waals surface area contributed by atoms with Gasteiger partial charge in [-0.2, -0.15) is 10.5 Å². The zero-order valence-corrected chi connectivity index (χ0v) is 11.2. The molecule has 1 aliphatic heterocycles. The summed E-state index contributed by atoms with van der Waals surface area (Å²) in [4.78, 5) is 0. The van der Waals surface area contributed by atoms with Crippen molar-refractivity contribution < 1.29 is 0 Å². The van der Waals surface area contributed by atoms with Crippen LogP contribution in [0.2, 0.25) is 0 Å². The molecule has 0 unspecified atom stereocenters. The van der Waals surface area contributed by atoms with Crippen LogP contribution in [0.15, 0.2) is 24.3 Å². The van der Waals surface area contributed by atoms with Gasteiger partial charge in [0.1, 0.15) is 17.5 Å². The van der Waals surface area contributed by atoms with Crippen molar-refractivity contribution >= 4 is 11.6 Å². The Morgan fingerprint density at radius 1 is 1.24 bits per heavy atom. The summed E-state index contributed by atoms with van der Waals surface area (Å²) in [5, 5.41) is 28.8. The fourth-order valence-electron chi connectivity index (χ4n) is 2.10. The monoisotopic (exact) mass is 279 g/mol. The Bertz CT molecular complexity index is 741. The number of nitrogen functional groups attached to an aromatic ring is 1. The van der Waals surface area contributed by atoms with Gasteiger partial charge >= 0.3 is 0 Å². The van der Waals surface area contributed by atoms with Crippen molar-refractivity contribution in [1.82, 2.24) is 15.1 Å². The van der Waals surface area contributed by atoms with Crippen LogP contribution >= 0.6 is 0 Å². The largest absolute Gasteiger partial charge is 0.382 e. The van der Waals surface area contributed by atoms with Crippen LogP contribution in [0, 0.1) is 22.7 Å². The third-order valence-electron chi connectivity index (χ3n) is 3.40. The second-order valence-corrected chi connectivity index (χ2v) is 4.79. The van der Waals surface area contributed by atoms with Crippen LogP contribution in [0.1, 0.15) is 11.1 Å². The lowest BCUT2D eigenvalue weighted by Crippen LogP contribution is -2.51. The van der Waals surface area contributed by atoms with Gasteiger partial charge in [0.15, 0.2) is 5.82 Å². The van der Waals surface area contributed by atoms with Crippen LogP contribution in [-0.4, -0.2) is 28.9 Å². The normalized spacial score (nSPS) is 14.0. The minimum absolute atomic E-state index is 0.265. The molecular formula is C14H13N7. The van der Waals surface area contributed by atoms with E-state index in [9.17, 15) is 5.26 Å². The zero-order valence-electron chi connectivity index (χ0n) is 11.2. The summed E-state index contributed by atoms with van der Waals surface area (Å²) in [6.45, 7) is 1.68. The predicted octanol–water partition coefficient (Wildman–Crippen LogP) is 0.582. The van der Waals surface area contributed by atoms with Crippen molar-refractivity contribution in [3.63, 3.8) is 0 Å². The van der Waals surface area contributed by atoms with E-state index in [0.29, 0.717) is 22.6 Å². The molecule has 1 fully saturated rings. The smallest absolute Gasteiger partial charge is 0.169 e. The number of nitrogens with one attached hydrogen (secondary N) is 2. The Morgan fingerprint density at radius 3 is 2.48 bits per heavy atom. The van der Waals surface area contributed by atoms with E-state index in [1.807, 2.05) is 0 Å². The molecule has 7 heteroatoms. The number of nitriles is 2. The van der Waals surface area contributed by atoms with Gasteiger partial charge in [-0.15, -0.1) is 5.10 Å². The summed E-state index contributed by atoms with van der Waals surface area (Å²) in [6, 6.07) is 11.3. The lowest BCUT2D eigenvalue weighted by Gasteiger charge is -2.27. The summed E-state index contributed by atoms with van der Waals surface area (Å²) in [6.07, 6.45) is 0. The molecule has 0 atom stereocenters. The molecule has 2 aromatic rings. The Balaban J connectivity index is 1.98. The summed E-state index contributed by atoms with van der Waals surface area (Å²) in [5.74, 6) is 0.780. The predicted molar refractivity (Wildman–Crippen MR) is 77.7 cm³/mol. The molecule has 0 saturated carbocycles. The Labute approximate surface area is 121 Å². The lowest BCUT2D eigenvalue weighted by molar-refractivity contribution is 0.470. The average Bonchev–Trinajstić information content (AvgIpc) is 2.79. The van der Waals surface area contributed by atoms with E-state index in [2.05, 4.69) is 27.9 Å². The van der Waals surface area contributed by atoms with Gasteiger partial charge in [-0.1, -0.05) is 0 Å². The van der Waals surface area contributed by atoms with E-state index in [0.717, 1.165) is 13.1 Å². The molecule has 104 valence electrons. The highest BCUT2D eigenvalue weighted by molar-refractivity contribution is 5.66. The Hall–Kier alpha value is -3.03. The SMILES string of the molecule is N#Cc1ccc(-n2nc(NC3CNC3)c(C#N)c2N)cc1. The molecule has 0 amide bonds. The van der Waals surface area contributed by atoms with Crippen molar-refractivity contribution in [3.05, 3.63) is 35.4 Å². The first-order valence-corrected chi connectivity index (χ1v) is 6.49. The number of rotatable bonds is 3. The third kappa shape index (κ3) is 2.27. The maximum atomic E-state index is 9.26. The summed E-state index contributed by atoms with van der Waals surface area (Å²) >= 11 is 0. The van der Waals surface area contributed by atoms with Gasteiger partial charge in [0, 0.05) is 13.1 Å². The van der Waals surface area contributed by atoms with Gasteiger partial charge in [-0.05, 0) is 24.3 Å². The number of aromatic nitrogens is 2. The maximum Gasteiger partial charge on any atom is 0.169 e. The topological polar surface area (TPSA) is 115 Å². The van der Waals surface area contributed by atoms with Crippen molar-refractivity contribution in [3.8, 4) is 17.8 Å². The first-order chi connectivity index (χ1) is 10.2. The molecule has 0 bridgehead atoms. The number of benzene rings is 1. The highest BCUT2D eigenvalue weighted by Gasteiger charge is 2.22. The number of hydrogen-bond acceptors (Lipinski definition) is 6. The molecule has 2 heterocycles. The molecule has 0 aliphatic carbocycles. The van der Waals surface area contributed by atoms with Crippen LogP contribution in [0.4, 0.5) is 11.6 Å². The zero-order chi connectivity index (χ0) is 14.8. The maximum absolute atomic E-state index is 9.26. The second kappa shape index (κ2) is 5.16. The van der Waals surface area contributed by atoms with Crippen LogP contribution < -0.4 is 16.4 Å². The quantitative estimate of drug-likeness (QED) is 0.757. The van der Waals surface area contributed by atoms with Crippen LogP contribution in [0.25, 0.3) is 5.69 Å². The molecule has 1 aliphatic rings. The molecule has 0 radical (unpaired) electrons. The number of anilines is 2. The van der Waals surface area contributed by atoms with Crippen LogP contribution in [0.3, 0.4) is 0 Å². The number of hydrogen-bond donors (Lipinski definition) is 3. The average molecular weight is 279 g/mol. The Kier molecular flexibility index (Phi) is 3.19. The lowest BCUT2D eigenvalue weighted by atomic mass is 10.2. The molecule has 21 heavy (non-hydrogen) atoms. The Morgan fingerprint density at radius 2 is 1.95 bits per heavy atom.